The zero-order chi connectivity index (χ0) is 15.0. The van der Waals surface area contributed by atoms with Crippen molar-refractivity contribution in [3.8, 4) is 5.75 Å². The van der Waals surface area contributed by atoms with Crippen LogP contribution in [0.15, 0.2) is 18.2 Å². The van der Waals surface area contributed by atoms with Crippen molar-refractivity contribution in [3.63, 3.8) is 0 Å². The van der Waals surface area contributed by atoms with Crippen LogP contribution in [0.4, 0.5) is 4.39 Å². The number of halogens is 1. The third kappa shape index (κ3) is 5.12. The Morgan fingerprint density at radius 2 is 2.05 bits per heavy atom. The average molecular weight is 281 g/mol. The van der Waals surface area contributed by atoms with Crippen molar-refractivity contribution in [2.24, 2.45) is 5.92 Å². The Bertz CT molecular complexity index is 395. The molecule has 0 saturated heterocycles. The van der Waals surface area contributed by atoms with E-state index in [-0.39, 0.29) is 5.82 Å². The smallest absolute Gasteiger partial charge is 0.168 e. The molecule has 0 amide bonds. The molecule has 0 saturated carbocycles. The normalized spacial score (nSPS) is 14.1. The van der Waals surface area contributed by atoms with Gasteiger partial charge in [-0.1, -0.05) is 39.3 Å². The highest BCUT2D eigenvalue weighted by molar-refractivity contribution is 5.31. The number of ether oxygens (including phenoxy) is 1. The van der Waals surface area contributed by atoms with Gasteiger partial charge in [-0.3, -0.25) is 0 Å². The molecule has 114 valence electrons. The molecule has 1 aromatic carbocycles. The van der Waals surface area contributed by atoms with Gasteiger partial charge in [-0.2, -0.15) is 0 Å². The second-order valence-electron chi connectivity index (χ2n) is 5.54. The maximum Gasteiger partial charge on any atom is 0.168 e. The molecule has 3 heteroatoms. The van der Waals surface area contributed by atoms with Gasteiger partial charge in [0.1, 0.15) is 0 Å². The molecular weight excluding hydrogens is 253 g/mol. The topological polar surface area (TPSA) is 21.3 Å². The molecule has 1 rings (SSSR count). The number of hydrogen-bond acceptors (Lipinski definition) is 2. The molecule has 0 bridgehead atoms. The van der Waals surface area contributed by atoms with Crippen LogP contribution in [0, 0.1) is 11.7 Å². The highest BCUT2D eigenvalue weighted by Gasteiger charge is 2.16. The molecule has 0 spiro atoms. The fourth-order valence-corrected chi connectivity index (χ4v) is 2.38. The average Bonchev–Trinajstić information content (AvgIpc) is 2.46. The van der Waals surface area contributed by atoms with Gasteiger partial charge in [-0.05, 0) is 43.4 Å². The lowest BCUT2D eigenvalue weighted by Crippen LogP contribution is -2.33. The van der Waals surface area contributed by atoms with Crippen LogP contribution >= 0.6 is 0 Å². The first kappa shape index (κ1) is 17.0. The summed E-state index contributed by atoms with van der Waals surface area (Å²) >= 11 is 0. The number of hydrogen-bond donors (Lipinski definition) is 1. The Kier molecular flexibility index (Phi) is 7.60. The van der Waals surface area contributed by atoms with Gasteiger partial charge in [0.25, 0.3) is 0 Å². The Balaban J connectivity index is 2.77. The van der Waals surface area contributed by atoms with E-state index < -0.39 is 0 Å². The summed E-state index contributed by atoms with van der Waals surface area (Å²) in [4.78, 5) is 0. The van der Waals surface area contributed by atoms with Crippen molar-refractivity contribution in [2.45, 2.75) is 52.5 Å². The minimum Gasteiger partial charge on any atom is -0.494 e. The summed E-state index contributed by atoms with van der Waals surface area (Å²) < 4.78 is 19.3. The molecule has 1 aromatic rings. The Morgan fingerprint density at radius 1 is 1.30 bits per heavy atom. The van der Waals surface area contributed by atoms with Crippen molar-refractivity contribution < 1.29 is 9.13 Å². The molecule has 0 fully saturated rings. The largest absolute Gasteiger partial charge is 0.494 e. The summed E-state index contributed by atoms with van der Waals surface area (Å²) in [6, 6.07) is 5.71. The van der Waals surface area contributed by atoms with Gasteiger partial charge < -0.3 is 10.1 Å². The Labute approximate surface area is 122 Å². The highest BCUT2D eigenvalue weighted by Crippen LogP contribution is 2.22. The van der Waals surface area contributed by atoms with Crippen LogP contribution in [0.5, 0.6) is 5.75 Å². The summed E-state index contributed by atoms with van der Waals surface area (Å²) in [7, 11) is 1.51. The van der Waals surface area contributed by atoms with E-state index in [1.807, 2.05) is 12.1 Å². The van der Waals surface area contributed by atoms with Crippen LogP contribution in [0.2, 0.25) is 0 Å². The molecule has 0 aliphatic carbocycles. The number of nitrogens with one attached hydrogen (secondary N) is 1. The van der Waals surface area contributed by atoms with E-state index in [1.165, 1.54) is 7.11 Å². The summed E-state index contributed by atoms with van der Waals surface area (Å²) in [6.07, 6.45) is 4.04. The number of rotatable bonds is 9. The van der Waals surface area contributed by atoms with Gasteiger partial charge in [-0.15, -0.1) is 0 Å². The molecule has 1 N–H and O–H groups in total. The van der Waals surface area contributed by atoms with Crippen molar-refractivity contribution in [3.05, 3.63) is 29.6 Å². The highest BCUT2D eigenvalue weighted by atomic mass is 19.1. The first-order valence-corrected chi connectivity index (χ1v) is 7.67. The van der Waals surface area contributed by atoms with E-state index in [2.05, 4.69) is 26.1 Å². The maximum absolute atomic E-state index is 14.2. The Hall–Kier alpha value is -1.09. The molecule has 0 heterocycles. The van der Waals surface area contributed by atoms with Gasteiger partial charge >= 0.3 is 0 Å². The predicted octanol–water partition coefficient (Wildman–Crippen LogP) is 4.18. The lowest BCUT2D eigenvalue weighted by molar-refractivity contribution is 0.371. The second-order valence-corrected chi connectivity index (χ2v) is 5.54. The van der Waals surface area contributed by atoms with Crippen molar-refractivity contribution in [1.82, 2.24) is 5.32 Å². The first-order chi connectivity index (χ1) is 9.62. The second kappa shape index (κ2) is 8.96. The zero-order valence-electron chi connectivity index (χ0n) is 13.2. The van der Waals surface area contributed by atoms with Crippen LogP contribution in [-0.2, 0) is 6.42 Å². The van der Waals surface area contributed by atoms with Crippen LogP contribution in [-0.4, -0.2) is 19.7 Å². The first-order valence-electron chi connectivity index (χ1n) is 7.67. The molecule has 2 unspecified atom stereocenters. The monoisotopic (exact) mass is 281 g/mol. The van der Waals surface area contributed by atoms with Crippen molar-refractivity contribution >= 4 is 0 Å². The molecular formula is C17H28FNO. The zero-order valence-corrected chi connectivity index (χ0v) is 13.2. The van der Waals surface area contributed by atoms with Crippen LogP contribution < -0.4 is 10.1 Å². The summed E-state index contributed by atoms with van der Waals surface area (Å²) in [5, 5.41) is 3.54. The summed E-state index contributed by atoms with van der Waals surface area (Å²) in [5.74, 6) is 0.765. The van der Waals surface area contributed by atoms with Crippen LogP contribution in [0.3, 0.4) is 0 Å². The van der Waals surface area contributed by atoms with E-state index in [0.29, 0.717) is 24.1 Å². The van der Waals surface area contributed by atoms with Crippen LogP contribution in [0.25, 0.3) is 0 Å². The number of benzene rings is 1. The maximum atomic E-state index is 14.2. The van der Waals surface area contributed by atoms with Crippen molar-refractivity contribution in [2.75, 3.05) is 13.7 Å². The van der Waals surface area contributed by atoms with Gasteiger partial charge in [0.2, 0.25) is 0 Å². The standard InChI is InChI=1S/C17H28FNO/c1-5-10-19-15(11-13(3)6-2)12-14-8-7-9-16(20-4)17(14)18/h7-9,13,15,19H,5-6,10-12H2,1-4H3. The lowest BCUT2D eigenvalue weighted by atomic mass is 9.94. The quantitative estimate of drug-likeness (QED) is 0.733. The van der Waals surface area contributed by atoms with E-state index in [1.54, 1.807) is 6.07 Å². The minimum absolute atomic E-state index is 0.220. The summed E-state index contributed by atoms with van der Waals surface area (Å²) in [5.41, 5.74) is 0.737. The summed E-state index contributed by atoms with van der Waals surface area (Å²) in [6.45, 7) is 7.59. The lowest BCUT2D eigenvalue weighted by Gasteiger charge is -2.22. The Morgan fingerprint density at radius 3 is 2.65 bits per heavy atom. The SMILES string of the molecule is CCCNC(Cc1cccc(OC)c1F)CC(C)CC. The third-order valence-electron chi connectivity index (χ3n) is 3.80. The van der Waals surface area contributed by atoms with Crippen molar-refractivity contribution in [1.29, 1.82) is 0 Å². The third-order valence-corrected chi connectivity index (χ3v) is 3.80. The van der Waals surface area contributed by atoms with E-state index in [4.69, 9.17) is 4.74 Å². The molecule has 0 aliphatic heterocycles. The van der Waals surface area contributed by atoms with E-state index in [0.717, 1.165) is 31.4 Å². The van der Waals surface area contributed by atoms with Gasteiger partial charge in [-0.25, -0.2) is 4.39 Å². The fourth-order valence-electron chi connectivity index (χ4n) is 2.38. The predicted molar refractivity (Wildman–Crippen MR) is 82.8 cm³/mol. The van der Waals surface area contributed by atoms with Gasteiger partial charge in [0.15, 0.2) is 11.6 Å². The molecule has 20 heavy (non-hydrogen) atoms. The van der Waals surface area contributed by atoms with E-state index >= 15 is 0 Å². The molecule has 0 aliphatic rings. The minimum atomic E-state index is -0.220. The van der Waals surface area contributed by atoms with Gasteiger partial charge in [0.05, 0.1) is 7.11 Å². The fraction of sp³-hybridized carbons (Fsp3) is 0.647. The molecule has 2 atom stereocenters. The van der Waals surface area contributed by atoms with E-state index in [9.17, 15) is 4.39 Å². The molecule has 2 nitrogen and oxygen atoms in total. The van der Waals surface area contributed by atoms with Gasteiger partial charge in [0, 0.05) is 6.04 Å². The number of methoxy groups -OCH3 is 1. The molecule has 0 aromatic heterocycles. The molecule has 0 radical (unpaired) electrons. The van der Waals surface area contributed by atoms with Crippen LogP contribution in [0.1, 0.15) is 45.6 Å².